The van der Waals surface area contributed by atoms with Crippen molar-refractivity contribution in [2.24, 2.45) is 0 Å². The molecule has 1 N–H and O–H groups in total. The van der Waals surface area contributed by atoms with Gasteiger partial charge in [0.1, 0.15) is 11.2 Å². The fourth-order valence-corrected chi connectivity index (χ4v) is 2.80. The molecule has 0 bridgehead atoms. The molecule has 21 heavy (non-hydrogen) atoms. The summed E-state index contributed by atoms with van der Waals surface area (Å²) in [7, 11) is 0. The third-order valence-electron chi connectivity index (χ3n) is 3.45. The van der Waals surface area contributed by atoms with Crippen LogP contribution in [0.2, 0.25) is 0 Å². The molecule has 0 atom stereocenters. The molecule has 1 amide bonds. The van der Waals surface area contributed by atoms with Crippen LogP contribution in [0.3, 0.4) is 0 Å². The topological polar surface area (TPSA) is 42.2 Å². The highest BCUT2D eigenvalue weighted by molar-refractivity contribution is 9.09. The molecule has 3 nitrogen and oxygen atoms in total. The average molecular weight is 346 g/mol. The molecule has 0 saturated heterocycles. The predicted molar refractivity (Wildman–Crippen MR) is 90.0 cm³/mol. The fraction of sp³-hybridized carbons (Fsp3) is 0.235. The Hall–Kier alpha value is -1.81. The van der Waals surface area contributed by atoms with E-state index in [1.165, 1.54) is 0 Å². The molecule has 1 aromatic heterocycles. The number of hydrogen-bond acceptors (Lipinski definition) is 2. The lowest BCUT2D eigenvalue weighted by Crippen LogP contribution is -2.10. The van der Waals surface area contributed by atoms with Crippen molar-refractivity contribution in [1.82, 2.24) is 0 Å². The maximum atomic E-state index is 11.9. The smallest absolute Gasteiger partial charge is 0.224 e. The molecule has 4 heteroatoms. The first-order valence-corrected chi connectivity index (χ1v) is 8.17. The van der Waals surface area contributed by atoms with Crippen molar-refractivity contribution in [1.29, 1.82) is 0 Å². The van der Waals surface area contributed by atoms with E-state index in [4.69, 9.17) is 4.42 Å². The van der Waals surface area contributed by atoms with Gasteiger partial charge >= 0.3 is 0 Å². The lowest BCUT2D eigenvalue weighted by Gasteiger charge is -2.04. The van der Waals surface area contributed by atoms with E-state index in [0.717, 1.165) is 45.8 Å². The molecule has 0 fully saturated rings. The Balaban J connectivity index is 1.83. The van der Waals surface area contributed by atoms with Gasteiger partial charge in [-0.1, -0.05) is 34.1 Å². The third-order valence-corrected chi connectivity index (χ3v) is 4.01. The number of hydrogen-bond donors (Lipinski definition) is 1. The highest BCUT2D eigenvalue weighted by Gasteiger charge is 2.08. The summed E-state index contributed by atoms with van der Waals surface area (Å²) in [5.74, 6) is 0.0584. The van der Waals surface area contributed by atoms with Crippen molar-refractivity contribution in [3.63, 3.8) is 0 Å². The first-order chi connectivity index (χ1) is 10.3. The van der Waals surface area contributed by atoms with Crippen LogP contribution in [0.5, 0.6) is 0 Å². The minimum atomic E-state index is 0.0584. The summed E-state index contributed by atoms with van der Waals surface area (Å²) in [4.78, 5) is 11.9. The minimum absolute atomic E-state index is 0.0584. The van der Waals surface area contributed by atoms with Gasteiger partial charge in [0.2, 0.25) is 5.91 Å². The van der Waals surface area contributed by atoms with Crippen LogP contribution >= 0.6 is 15.9 Å². The van der Waals surface area contributed by atoms with Gasteiger partial charge in [-0.25, -0.2) is 0 Å². The molecular formula is C17H16BrNO2. The number of nitrogens with one attached hydrogen (secondary N) is 1. The number of rotatable bonds is 5. The van der Waals surface area contributed by atoms with Gasteiger partial charge in [0.25, 0.3) is 0 Å². The normalized spacial score (nSPS) is 11.1. The Labute approximate surface area is 131 Å². The van der Waals surface area contributed by atoms with Crippen LogP contribution in [0.15, 0.2) is 46.9 Å². The Bertz CT molecular complexity index is 779. The zero-order valence-electron chi connectivity index (χ0n) is 11.6. The van der Waals surface area contributed by atoms with E-state index in [0.29, 0.717) is 6.42 Å². The van der Waals surface area contributed by atoms with E-state index >= 15 is 0 Å². The zero-order valence-corrected chi connectivity index (χ0v) is 13.2. The number of carbonyl (C=O) groups is 1. The number of para-hydroxylation sites is 1. The first-order valence-electron chi connectivity index (χ1n) is 7.05. The van der Waals surface area contributed by atoms with Crippen molar-refractivity contribution in [2.45, 2.75) is 19.3 Å². The van der Waals surface area contributed by atoms with E-state index in [2.05, 4.69) is 21.2 Å². The van der Waals surface area contributed by atoms with Crippen molar-refractivity contribution in [3.8, 4) is 0 Å². The van der Waals surface area contributed by atoms with E-state index < -0.39 is 0 Å². The molecule has 0 saturated carbocycles. The number of carbonyl (C=O) groups excluding carboxylic acids is 1. The molecule has 2 aromatic carbocycles. The monoisotopic (exact) mass is 345 g/mol. The van der Waals surface area contributed by atoms with Crippen molar-refractivity contribution >= 4 is 49.5 Å². The minimum Gasteiger partial charge on any atom is -0.456 e. The van der Waals surface area contributed by atoms with Crippen LogP contribution in [0.25, 0.3) is 21.9 Å². The Morgan fingerprint density at radius 2 is 1.86 bits per heavy atom. The van der Waals surface area contributed by atoms with E-state index in [1.54, 1.807) is 0 Å². The number of amides is 1. The van der Waals surface area contributed by atoms with Gasteiger partial charge < -0.3 is 9.73 Å². The van der Waals surface area contributed by atoms with Gasteiger partial charge in [0.15, 0.2) is 0 Å². The van der Waals surface area contributed by atoms with Gasteiger partial charge in [-0.3, -0.25) is 4.79 Å². The fourth-order valence-electron chi connectivity index (χ4n) is 2.41. The zero-order chi connectivity index (χ0) is 14.7. The summed E-state index contributed by atoms with van der Waals surface area (Å²) in [6.45, 7) is 0. The summed E-state index contributed by atoms with van der Waals surface area (Å²) in [5.41, 5.74) is 2.53. The summed E-state index contributed by atoms with van der Waals surface area (Å²) >= 11 is 3.37. The highest BCUT2D eigenvalue weighted by atomic mass is 79.9. The van der Waals surface area contributed by atoms with Crippen LogP contribution in [0.4, 0.5) is 5.69 Å². The van der Waals surface area contributed by atoms with Gasteiger partial charge in [-0.15, -0.1) is 0 Å². The van der Waals surface area contributed by atoms with Crippen LogP contribution in [0, 0.1) is 0 Å². The molecule has 0 radical (unpaired) electrons. The lowest BCUT2D eigenvalue weighted by atomic mass is 10.1. The second-order valence-corrected chi connectivity index (χ2v) is 5.80. The second kappa shape index (κ2) is 6.31. The van der Waals surface area contributed by atoms with E-state index in [1.807, 2.05) is 42.5 Å². The summed E-state index contributed by atoms with van der Waals surface area (Å²) in [6.07, 6.45) is 2.46. The van der Waals surface area contributed by atoms with Gasteiger partial charge in [-0.2, -0.15) is 0 Å². The van der Waals surface area contributed by atoms with Crippen LogP contribution in [-0.4, -0.2) is 11.2 Å². The molecule has 0 aliphatic heterocycles. The summed E-state index contributed by atoms with van der Waals surface area (Å²) in [5, 5.41) is 5.99. The largest absolute Gasteiger partial charge is 0.456 e. The molecule has 1 heterocycles. The maximum Gasteiger partial charge on any atom is 0.224 e. The molecule has 108 valence electrons. The summed E-state index contributed by atoms with van der Waals surface area (Å²) in [6, 6.07) is 13.7. The maximum absolute atomic E-state index is 11.9. The molecule has 3 rings (SSSR count). The SMILES string of the molecule is O=C(CCCCBr)Nc1ccc2oc3ccccc3c2c1. The van der Waals surface area contributed by atoms with Crippen molar-refractivity contribution in [3.05, 3.63) is 42.5 Å². The quantitative estimate of drug-likeness (QED) is 0.516. The molecule has 0 aliphatic rings. The van der Waals surface area contributed by atoms with Crippen molar-refractivity contribution < 1.29 is 9.21 Å². The highest BCUT2D eigenvalue weighted by Crippen LogP contribution is 2.30. The number of benzene rings is 2. The van der Waals surface area contributed by atoms with Crippen molar-refractivity contribution in [2.75, 3.05) is 10.6 Å². The van der Waals surface area contributed by atoms with Gasteiger partial charge in [0.05, 0.1) is 0 Å². The lowest BCUT2D eigenvalue weighted by molar-refractivity contribution is -0.116. The van der Waals surface area contributed by atoms with Crippen LogP contribution < -0.4 is 5.32 Å². The molecule has 3 aromatic rings. The van der Waals surface area contributed by atoms with Gasteiger partial charge in [-0.05, 0) is 37.1 Å². The van der Waals surface area contributed by atoms with E-state index in [-0.39, 0.29) is 5.91 Å². The van der Waals surface area contributed by atoms with Crippen LogP contribution in [-0.2, 0) is 4.79 Å². The Morgan fingerprint density at radius 3 is 2.71 bits per heavy atom. The number of alkyl halides is 1. The number of anilines is 1. The number of furan rings is 1. The standard InChI is InChI=1S/C17H16BrNO2/c18-10-4-3-7-17(20)19-12-8-9-16-14(11-12)13-5-1-2-6-15(13)21-16/h1-2,5-6,8-9,11H,3-4,7,10H2,(H,19,20). The van der Waals surface area contributed by atoms with E-state index in [9.17, 15) is 4.79 Å². The average Bonchev–Trinajstić information content (AvgIpc) is 2.86. The molecule has 0 aliphatic carbocycles. The van der Waals surface area contributed by atoms with Crippen LogP contribution in [0.1, 0.15) is 19.3 Å². The molecule has 0 unspecified atom stereocenters. The Kier molecular flexibility index (Phi) is 4.25. The second-order valence-electron chi connectivity index (χ2n) is 5.00. The number of halogens is 1. The third kappa shape index (κ3) is 3.10. The number of unbranched alkanes of at least 4 members (excludes halogenated alkanes) is 1. The Morgan fingerprint density at radius 1 is 1.05 bits per heavy atom. The molecular weight excluding hydrogens is 330 g/mol. The molecule has 0 spiro atoms. The summed E-state index contributed by atoms with van der Waals surface area (Å²) < 4.78 is 5.77. The predicted octanol–water partition coefficient (Wildman–Crippen LogP) is 5.09. The van der Waals surface area contributed by atoms with Gasteiger partial charge in [0, 0.05) is 28.2 Å². The number of fused-ring (bicyclic) bond motifs is 3. The first kappa shape index (κ1) is 14.1.